The number of rotatable bonds is 6. The average Bonchev–Trinajstić information content (AvgIpc) is 2.04. The van der Waals surface area contributed by atoms with E-state index in [9.17, 15) is 4.79 Å². The van der Waals surface area contributed by atoms with Crippen molar-refractivity contribution in [1.82, 2.24) is 0 Å². The topological polar surface area (TPSA) is 26.3 Å². The van der Waals surface area contributed by atoms with Gasteiger partial charge in [0.15, 0.2) is 5.78 Å². The van der Waals surface area contributed by atoms with Gasteiger partial charge in [-0.1, -0.05) is 6.92 Å². The molecule has 0 fully saturated rings. The summed E-state index contributed by atoms with van der Waals surface area (Å²) in [5.74, 6) is 2.65. The fraction of sp³-hybridized carbons (Fsp3) is 0.667. The van der Waals surface area contributed by atoms with E-state index in [1.807, 2.05) is 6.92 Å². The highest BCUT2D eigenvalue weighted by atomic mass is 16.5. The van der Waals surface area contributed by atoms with Crippen molar-refractivity contribution in [2.24, 2.45) is 0 Å². The smallest absolute Gasteiger partial charge is 0.158 e. The fourth-order valence-electron chi connectivity index (χ4n) is 0.564. The molecule has 0 aliphatic heterocycles. The predicted molar refractivity (Wildman–Crippen MR) is 44.2 cm³/mol. The number of hydrogen-bond acceptors (Lipinski definition) is 2. The summed E-state index contributed by atoms with van der Waals surface area (Å²) in [5, 5.41) is 0. The van der Waals surface area contributed by atoms with Gasteiger partial charge in [-0.2, -0.15) is 0 Å². The van der Waals surface area contributed by atoms with E-state index in [4.69, 9.17) is 11.2 Å². The standard InChI is InChI=1S/C9H14O2/c1-3-5-6-7-11-8-9(10)4-2/h1H,4-8H2,2H3. The van der Waals surface area contributed by atoms with Crippen molar-refractivity contribution in [3.05, 3.63) is 0 Å². The van der Waals surface area contributed by atoms with E-state index in [0.29, 0.717) is 13.0 Å². The zero-order chi connectivity index (χ0) is 8.53. The molecule has 11 heavy (non-hydrogen) atoms. The van der Waals surface area contributed by atoms with Crippen molar-refractivity contribution in [3.8, 4) is 12.3 Å². The molecule has 0 atom stereocenters. The zero-order valence-electron chi connectivity index (χ0n) is 6.93. The molecule has 0 aliphatic rings. The van der Waals surface area contributed by atoms with Crippen LogP contribution in [0.4, 0.5) is 0 Å². The molecule has 0 aromatic carbocycles. The minimum Gasteiger partial charge on any atom is -0.374 e. The molecule has 0 spiro atoms. The molecule has 0 saturated heterocycles. The molecule has 0 aromatic heterocycles. The number of hydrogen-bond donors (Lipinski definition) is 0. The van der Waals surface area contributed by atoms with Crippen LogP contribution in [0.15, 0.2) is 0 Å². The molecular formula is C9H14O2. The lowest BCUT2D eigenvalue weighted by Crippen LogP contribution is -2.07. The van der Waals surface area contributed by atoms with Crippen molar-refractivity contribution in [3.63, 3.8) is 0 Å². The molecular weight excluding hydrogens is 140 g/mol. The minimum atomic E-state index is 0.144. The van der Waals surface area contributed by atoms with Crippen LogP contribution in [0.3, 0.4) is 0 Å². The predicted octanol–water partition coefficient (Wildman–Crippen LogP) is 1.40. The number of unbranched alkanes of at least 4 members (excludes halogenated alkanes) is 1. The molecule has 2 nitrogen and oxygen atoms in total. The van der Waals surface area contributed by atoms with Gasteiger partial charge >= 0.3 is 0 Å². The molecule has 0 unspecified atom stereocenters. The second-order valence-electron chi connectivity index (χ2n) is 2.25. The minimum absolute atomic E-state index is 0.144. The van der Waals surface area contributed by atoms with Gasteiger partial charge in [0.25, 0.3) is 0 Å². The third-order valence-electron chi connectivity index (χ3n) is 1.27. The third-order valence-corrected chi connectivity index (χ3v) is 1.27. The number of ether oxygens (including phenoxy) is 1. The first-order valence-corrected chi connectivity index (χ1v) is 3.84. The molecule has 0 N–H and O–H groups in total. The quantitative estimate of drug-likeness (QED) is 0.427. The van der Waals surface area contributed by atoms with Gasteiger partial charge in [-0.25, -0.2) is 0 Å². The van der Waals surface area contributed by atoms with Crippen LogP contribution < -0.4 is 0 Å². The van der Waals surface area contributed by atoms with Gasteiger partial charge in [-0.3, -0.25) is 4.79 Å². The molecule has 0 aliphatic carbocycles. The number of carbonyl (C=O) groups excluding carboxylic acids is 1. The third kappa shape index (κ3) is 7.08. The first-order valence-electron chi connectivity index (χ1n) is 3.84. The highest BCUT2D eigenvalue weighted by molar-refractivity contribution is 5.79. The van der Waals surface area contributed by atoms with Crippen molar-refractivity contribution in [2.75, 3.05) is 13.2 Å². The van der Waals surface area contributed by atoms with Crippen molar-refractivity contribution in [2.45, 2.75) is 26.2 Å². The first kappa shape index (κ1) is 10.2. The molecule has 0 saturated carbocycles. The summed E-state index contributed by atoms with van der Waals surface area (Å²) in [5.41, 5.74) is 0. The lowest BCUT2D eigenvalue weighted by atomic mass is 10.3. The monoisotopic (exact) mass is 154 g/mol. The van der Waals surface area contributed by atoms with Gasteiger partial charge in [0.05, 0.1) is 0 Å². The molecule has 0 aromatic rings. The summed E-state index contributed by atoms with van der Waals surface area (Å²) >= 11 is 0. The van der Waals surface area contributed by atoms with Crippen LogP contribution >= 0.6 is 0 Å². The van der Waals surface area contributed by atoms with E-state index >= 15 is 0 Å². The molecule has 0 amide bonds. The summed E-state index contributed by atoms with van der Waals surface area (Å²) in [4.78, 5) is 10.7. The lowest BCUT2D eigenvalue weighted by molar-refractivity contribution is -0.123. The summed E-state index contributed by atoms with van der Waals surface area (Å²) in [6.45, 7) is 2.66. The van der Waals surface area contributed by atoms with Crippen LogP contribution in [0.5, 0.6) is 0 Å². The van der Waals surface area contributed by atoms with Gasteiger partial charge in [0.1, 0.15) is 6.61 Å². The molecule has 0 heterocycles. The Morgan fingerprint density at radius 3 is 2.91 bits per heavy atom. The number of ketones is 1. The Balaban J connectivity index is 3.03. The maximum atomic E-state index is 10.7. The largest absolute Gasteiger partial charge is 0.374 e. The second kappa shape index (κ2) is 7.30. The Morgan fingerprint density at radius 1 is 1.64 bits per heavy atom. The number of carbonyl (C=O) groups is 1. The second-order valence-corrected chi connectivity index (χ2v) is 2.25. The van der Waals surface area contributed by atoms with E-state index in [1.54, 1.807) is 0 Å². The van der Waals surface area contributed by atoms with Gasteiger partial charge in [0, 0.05) is 19.4 Å². The summed E-state index contributed by atoms with van der Waals surface area (Å²) < 4.78 is 5.04. The van der Waals surface area contributed by atoms with Crippen LogP contribution in [0.1, 0.15) is 26.2 Å². The van der Waals surface area contributed by atoms with Crippen LogP contribution in [0.25, 0.3) is 0 Å². The van der Waals surface area contributed by atoms with Gasteiger partial charge < -0.3 is 4.74 Å². The van der Waals surface area contributed by atoms with Crippen molar-refractivity contribution >= 4 is 5.78 Å². The summed E-state index contributed by atoms with van der Waals surface area (Å²) in [6, 6.07) is 0. The highest BCUT2D eigenvalue weighted by Gasteiger charge is 1.95. The van der Waals surface area contributed by atoms with Gasteiger partial charge in [0.2, 0.25) is 0 Å². The highest BCUT2D eigenvalue weighted by Crippen LogP contribution is 1.89. The Bertz CT molecular complexity index is 144. The van der Waals surface area contributed by atoms with Crippen LogP contribution in [-0.2, 0) is 9.53 Å². The van der Waals surface area contributed by atoms with Crippen LogP contribution in [0, 0.1) is 12.3 Å². The van der Waals surface area contributed by atoms with Crippen LogP contribution in [-0.4, -0.2) is 19.0 Å². The number of Topliss-reactive ketones (excluding diaryl/α,β-unsaturated/α-hetero) is 1. The van der Waals surface area contributed by atoms with Gasteiger partial charge in [-0.05, 0) is 6.42 Å². The lowest BCUT2D eigenvalue weighted by Gasteiger charge is -1.99. The number of terminal acetylenes is 1. The Morgan fingerprint density at radius 2 is 2.36 bits per heavy atom. The Kier molecular flexibility index (Phi) is 6.76. The summed E-state index contributed by atoms with van der Waals surface area (Å²) in [7, 11) is 0. The van der Waals surface area contributed by atoms with Crippen molar-refractivity contribution in [1.29, 1.82) is 0 Å². The molecule has 62 valence electrons. The van der Waals surface area contributed by atoms with E-state index in [1.165, 1.54) is 0 Å². The van der Waals surface area contributed by atoms with Crippen LogP contribution in [0.2, 0.25) is 0 Å². The Labute approximate surface area is 67.9 Å². The van der Waals surface area contributed by atoms with Gasteiger partial charge in [-0.15, -0.1) is 12.3 Å². The maximum absolute atomic E-state index is 10.7. The molecule has 0 rings (SSSR count). The Hall–Kier alpha value is -0.810. The average molecular weight is 154 g/mol. The van der Waals surface area contributed by atoms with E-state index in [0.717, 1.165) is 12.8 Å². The SMILES string of the molecule is C#CCCCOCC(=O)CC. The fourth-order valence-corrected chi connectivity index (χ4v) is 0.564. The first-order chi connectivity index (χ1) is 5.31. The maximum Gasteiger partial charge on any atom is 0.158 e. The van der Waals surface area contributed by atoms with Crippen molar-refractivity contribution < 1.29 is 9.53 Å². The van der Waals surface area contributed by atoms with E-state index in [2.05, 4.69) is 5.92 Å². The zero-order valence-corrected chi connectivity index (χ0v) is 6.93. The van der Waals surface area contributed by atoms with E-state index < -0.39 is 0 Å². The van der Waals surface area contributed by atoms with E-state index in [-0.39, 0.29) is 12.4 Å². The molecule has 0 bridgehead atoms. The normalized spacial score (nSPS) is 9.09. The molecule has 0 radical (unpaired) electrons. The summed E-state index contributed by atoms with van der Waals surface area (Å²) in [6.07, 6.45) is 7.14. The molecule has 2 heteroatoms.